The van der Waals surface area contributed by atoms with Gasteiger partial charge in [0.1, 0.15) is 0 Å². The molecular formula is C15H17ClN2OS. The lowest BCUT2D eigenvalue weighted by Crippen LogP contribution is -2.21. The Balaban J connectivity index is 1.87. The van der Waals surface area contributed by atoms with E-state index in [4.69, 9.17) is 11.6 Å². The van der Waals surface area contributed by atoms with Gasteiger partial charge >= 0.3 is 0 Å². The largest absolute Gasteiger partial charge is 0.301 e. The second-order valence-electron chi connectivity index (χ2n) is 4.75. The molecule has 1 aromatic heterocycles. The number of hydrogen-bond acceptors (Lipinski definition) is 4. The van der Waals surface area contributed by atoms with Crippen LogP contribution in [-0.4, -0.2) is 29.3 Å². The van der Waals surface area contributed by atoms with Crippen LogP contribution in [-0.2, 0) is 6.54 Å². The number of ketones is 1. The fourth-order valence-corrected chi connectivity index (χ4v) is 3.01. The summed E-state index contributed by atoms with van der Waals surface area (Å²) in [5.74, 6) is 0.0866. The second kappa shape index (κ2) is 6.97. The topological polar surface area (TPSA) is 33.2 Å². The van der Waals surface area contributed by atoms with Gasteiger partial charge in [-0.3, -0.25) is 4.79 Å². The molecule has 0 bridgehead atoms. The zero-order chi connectivity index (χ0) is 14.5. The number of aryl methyl sites for hydroxylation is 1. The molecule has 0 atom stereocenters. The minimum atomic E-state index is 0.0866. The molecule has 20 heavy (non-hydrogen) atoms. The molecule has 1 aromatic carbocycles. The van der Waals surface area contributed by atoms with E-state index in [-0.39, 0.29) is 5.78 Å². The van der Waals surface area contributed by atoms with Crippen molar-refractivity contribution in [3.05, 3.63) is 50.9 Å². The molecule has 0 aliphatic heterocycles. The fraction of sp³-hybridized carbons (Fsp3) is 0.333. The van der Waals surface area contributed by atoms with Gasteiger partial charge in [-0.2, -0.15) is 0 Å². The van der Waals surface area contributed by atoms with Crippen LogP contribution >= 0.6 is 22.9 Å². The zero-order valence-corrected chi connectivity index (χ0v) is 13.2. The molecule has 0 amide bonds. The molecule has 0 saturated carbocycles. The summed E-state index contributed by atoms with van der Waals surface area (Å²) in [5.41, 5.74) is 3.53. The van der Waals surface area contributed by atoms with E-state index < -0.39 is 0 Å². The molecule has 0 saturated heterocycles. The maximum atomic E-state index is 12.1. The van der Waals surface area contributed by atoms with Gasteiger partial charge in [0.25, 0.3) is 0 Å². The first-order valence-corrected chi connectivity index (χ1v) is 7.69. The average molecular weight is 309 g/mol. The molecule has 106 valence electrons. The van der Waals surface area contributed by atoms with E-state index in [2.05, 4.69) is 9.88 Å². The van der Waals surface area contributed by atoms with Crippen molar-refractivity contribution >= 4 is 28.7 Å². The van der Waals surface area contributed by atoms with E-state index >= 15 is 0 Å². The third-order valence-electron chi connectivity index (χ3n) is 3.15. The Hall–Kier alpha value is -1.23. The highest BCUT2D eigenvalue weighted by molar-refractivity contribution is 7.09. The molecule has 0 aliphatic rings. The highest BCUT2D eigenvalue weighted by Gasteiger charge is 2.12. The molecule has 2 rings (SSSR count). The van der Waals surface area contributed by atoms with Crippen molar-refractivity contribution in [2.75, 3.05) is 13.6 Å². The first kappa shape index (κ1) is 15.2. The highest BCUT2D eigenvalue weighted by Crippen LogP contribution is 2.18. The molecule has 0 aliphatic carbocycles. The van der Waals surface area contributed by atoms with Gasteiger partial charge in [0, 0.05) is 30.0 Å². The number of nitrogens with zero attached hydrogens (tertiary/aromatic N) is 2. The number of Topliss-reactive ketones (excluding diaryl/α,β-unsaturated/α-hetero) is 1. The van der Waals surface area contributed by atoms with Gasteiger partial charge < -0.3 is 4.90 Å². The van der Waals surface area contributed by atoms with Gasteiger partial charge in [0.2, 0.25) is 0 Å². The molecule has 0 fully saturated rings. The number of thiazole rings is 1. The zero-order valence-electron chi connectivity index (χ0n) is 11.6. The Labute approximate surface area is 128 Å². The molecular weight excluding hydrogens is 292 g/mol. The summed E-state index contributed by atoms with van der Waals surface area (Å²) in [6.07, 6.45) is 0.470. The summed E-state index contributed by atoms with van der Waals surface area (Å²) in [7, 11) is 2.01. The van der Waals surface area contributed by atoms with Gasteiger partial charge in [-0.25, -0.2) is 4.98 Å². The number of carbonyl (C=O) groups excluding carboxylic acids is 1. The van der Waals surface area contributed by atoms with E-state index in [9.17, 15) is 4.79 Å². The van der Waals surface area contributed by atoms with Gasteiger partial charge in [-0.1, -0.05) is 23.7 Å². The summed E-state index contributed by atoms with van der Waals surface area (Å²) < 4.78 is 0. The van der Waals surface area contributed by atoms with E-state index in [1.165, 1.54) is 4.88 Å². The molecule has 5 heteroatoms. The average Bonchev–Trinajstić information content (AvgIpc) is 2.82. The molecule has 0 unspecified atom stereocenters. The van der Waals surface area contributed by atoms with E-state index in [0.717, 1.165) is 12.2 Å². The van der Waals surface area contributed by atoms with Crippen LogP contribution in [0.5, 0.6) is 0 Å². The smallest absolute Gasteiger partial charge is 0.165 e. The van der Waals surface area contributed by atoms with E-state index in [1.807, 2.05) is 31.6 Å². The highest BCUT2D eigenvalue weighted by atomic mass is 35.5. The lowest BCUT2D eigenvalue weighted by Gasteiger charge is -2.15. The minimum Gasteiger partial charge on any atom is -0.301 e. The van der Waals surface area contributed by atoms with E-state index in [0.29, 0.717) is 23.6 Å². The standard InChI is InChI=1S/C15H17ClN2OS/c1-11-15(20-10-17-11)9-18(2)8-7-14(19)12-5-3-4-6-13(12)16/h3-6,10H,7-9H2,1-2H3. The Kier molecular flexibility index (Phi) is 5.29. The summed E-state index contributed by atoms with van der Waals surface area (Å²) in [4.78, 5) is 19.7. The van der Waals surface area contributed by atoms with Crippen LogP contribution in [0.4, 0.5) is 0 Å². The molecule has 0 spiro atoms. The van der Waals surface area contributed by atoms with Crippen molar-refractivity contribution in [2.45, 2.75) is 19.9 Å². The van der Waals surface area contributed by atoms with Crippen molar-refractivity contribution < 1.29 is 4.79 Å². The third-order valence-corrected chi connectivity index (χ3v) is 4.40. The quantitative estimate of drug-likeness (QED) is 0.761. The summed E-state index contributed by atoms with van der Waals surface area (Å²) in [5, 5.41) is 0.526. The number of benzene rings is 1. The van der Waals surface area contributed by atoms with Crippen molar-refractivity contribution in [3.63, 3.8) is 0 Å². The van der Waals surface area contributed by atoms with Gasteiger partial charge in [-0.15, -0.1) is 11.3 Å². The Morgan fingerprint density at radius 1 is 1.40 bits per heavy atom. The van der Waals surface area contributed by atoms with Crippen LogP contribution < -0.4 is 0 Å². The minimum absolute atomic E-state index is 0.0866. The Bertz CT molecular complexity index is 597. The predicted molar refractivity (Wildman–Crippen MR) is 83.6 cm³/mol. The van der Waals surface area contributed by atoms with Crippen LogP contribution in [0.15, 0.2) is 29.8 Å². The van der Waals surface area contributed by atoms with E-state index in [1.54, 1.807) is 23.5 Å². The summed E-state index contributed by atoms with van der Waals surface area (Å²) in [6, 6.07) is 7.19. The maximum absolute atomic E-state index is 12.1. The van der Waals surface area contributed by atoms with Crippen molar-refractivity contribution in [3.8, 4) is 0 Å². The maximum Gasteiger partial charge on any atom is 0.165 e. The molecule has 1 heterocycles. The van der Waals surface area contributed by atoms with Crippen molar-refractivity contribution in [2.24, 2.45) is 0 Å². The van der Waals surface area contributed by atoms with Gasteiger partial charge in [-0.05, 0) is 26.1 Å². The van der Waals surface area contributed by atoms with Crippen molar-refractivity contribution in [1.82, 2.24) is 9.88 Å². The summed E-state index contributed by atoms with van der Waals surface area (Å²) in [6.45, 7) is 3.54. The fourth-order valence-electron chi connectivity index (χ4n) is 1.92. The SMILES string of the molecule is Cc1ncsc1CN(C)CCC(=O)c1ccccc1Cl. The third kappa shape index (κ3) is 3.88. The van der Waals surface area contributed by atoms with Gasteiger partial charge in [0.05, 0.1) is 16.2 Å². The number of carbonyl (C=O) groups is 1. The van der Waals surface area contributed by atoms with Crippen LogP contribution in [0.2, 0.25) is 5.02 Å². The lowest BCUT2D eigenvalue weighted by atomic mass is 10.1. The monoisotopic (exact) mass is 308 g/mol. The first-order valence-electron chi connectivity index (χ1n) is 6.43. The second-order valence-corrected chi connectivity index (χ2v) is 6.10. The molecule has 0 N–H and O–H groups in total. The normalized spacial score (nSPS) is 11.0. The van der Waals surface area contributed by atoms with Crippen LogP contribution in [0, 0.1) is 6.92 Å². The van der Waals surface area contributed by atoms with Crippen LogP contribution in [0.3, 0.4) is 0 Å². The Morgan fingerprint density at radius 3 is 2.80 bits per heavy atom. The number of rotatable bonds is 6. The molecule has 0 radical (unpaired) electrons. The van der Waals surface area contributed by atoms with Gasteiger partial charge in [0.15, 0.2) is 5.78 Å². The molecule has 3 nitrogen and oxygen atoms in total. The molecule has 2 aromatic rings. The van der Waals surface area contributed by atoms with Crippen LogP contribution in [0.1, 0.15) is 27.3 Å². The predicted octanol–water partition coefficient (Wildman–Crippen LogP) is 3.81. The Morgan fingerprint density at radius 2 is 2.15 bits per heavy atom. The number of aromatic nitrogens is 1. The summed E-state index contributed by atoms with van der Waals surface area (Å²) >= 11 is 7.68. The lowest BCUT2D eigenvalue weighted by molar-refractivity contribution is 0.0968. The number of halogens is 1. The van der Waals surface area contributed by atoms with Crippen molar-refractivity contribution in [1.29, 1.82) is 0 Å². The van der Waals surface area contributed by atoms with Crippen LogP contribution in [0.25, 0.3) is 0 Å². The first-order chi connectivity index (χ1) is 9.58. The number of hydrogen-bond donors (Lipinski definition) is 0.